The standard InChI is InChI=1S/C12H15NO3/c1-7-8(2)13-6-4-3-5-9(13)10(11(7)14)12(15)16/h3-6H2,1-2H3,(H,15,16). The third-order valence-electron chi connectivity index (χ3n) is 3.39. The minimum absolute atomic E-state index is 0.0252. The summed E-state index contributed by atoms with van der Waals surface area (Å²) in [6.07, 6.45) is 2.70. The van der Waals surface area contributed by atoms with E-state index in [1.165, 1.54) is 0 Å². The maximum absolute atomic E-state index is 11.9. The number of aromatic carboxylic acids is 1. The second kappa shape index (κ2) is 3.77. The Bertz CT molecular complexity index is 514. The molecule has 1 aliphatic rings. The predicted octanol–water partition coefficient (Wildman–Crippen LogP) is 1.50. The molecule has 0 bridgehead atoms. The molecule has 0 saturated heterocycles. The maximum atomic E-state index is 11.9. The second-order valence-corrected chi connectivity index (χ2v) is 4.28. The van der Waals surface area contributed by atoms with Gasteiger partial charge in [-0.15, -0.1) is 0 Å². The number of carbonyl (C=O) groups is 1. The fourth-order valence-corrected chi connectivity index (χ4v) is 2.37. The second-order valence-electron chi connectivity index (χ2n) is 4.28. The normalized spacial score (nSPS) is 14.6. The predicted molar refractivity (Wildman–Crippen MR) is 60.1 cm³/mol. The van der Waals surface area contributed by atoms with Crippen molar-refractivity contribution in [3.8, 4) is 0 Å². The number of rotatable bonds is 1. The number of pyridine rings is 1. The van der Waals surface area contributed by atoms with Crippen molar-refractivity contribution in [2.75, 3.05) is 0 Å². The quantitative estimate of drug-likeness (QED) is 0.781. The minimum Gasteiger partial charge on any atom is -0.477 e. The van der Waals surface area contributed by atoms with Crippen LogP contribution in [0.15, 0.2) is 4.79 Å². The van der Waals surface area contributed by atoms with Gasteiger partial charge < -0.3 is 9.67 Å². The van der Waals surface area contributed by atoms with Gasteiger partial charge in [0.15, 0.2) is 5.43 Å². The van der Waals surface area contributed by atoms with E-state index in [-0.39, 0.29) is 11.0 Å². The van der Waals surface area contributed by atoms with Crippen LogP contribution in [-0.2, 0) is 13.0 Å². The molecule has 0 unspecified atom stereocenters. The van der Waals surface area contributed by atoms with E-state index in [1.807, 2.05) is 11.5 Å². The zero-order valence-electron chi connectivity index (χ0n) is 9.54. The number of carboxylic acids is 1. The molecule has 0 aromatic carbocycles. The van der Waals surface area contributed by atoms with Crippen molar-refractivity contribution in [1.82, 2.24) is 4.57 Å². The fourth-order valence-electron chi connectivity index (χ4n) is 2.37. The van der Waals surface area contributed by atoms with E-state index >= 15 is 0 Å². The van der Waals surface area contributed by atoms with Gasteiger partial charge in [-0.2, -0.15) is 0 Å². The molecule has 4 heteroatoms. The van der Waals surface area contributed by atoms with Gasteiger partial charge in [0, 0.05) is 23.5 Å². The van der Waals surface area contributed by atoms with E-state index in [0.29, 0.717) is 17.7 Å². The average molecular weight is 221 g/mol. The maximum Gasteiger partial charge on any atom is 0.341 e. The molecular formula is C12H15NO3. The van der Waals surface area contributed by atoms with Gasteiger partial charge in [-0.1, -0.05) is 0 Å². The Kier molecular flexibility index (Phi) is 2.58. The van der Waals surface area contributed by atoms with Gasteiger partial charge in [0.1, 0.15) is 5.56 Å². The van der Waals surface area contributed by atoms with Crippen LogP contribution in [0, 0.1) is 13.8 Å². The topological polar surface area (TPSA) is 59.3 Å². The Labute approximate surface area is 93.5 Å². The van der Waals surface area contributed by atoms with E-state index in [0.717, 1.165) is 25.1 Å². The van der Waals surface area contributed by atoms with Crippen LogP contribution in [-0.4, -0.2) is 15.6 Å². The summed E-state index contributed by atoms with van der Waals surface area (Å²) in [6, 6.07) is 0. The van der Waals surface area contributed by atoms with Crippen LogP contribution in [0.25, 0.3) is 0 Å². The van der Waals surface area contributed by atoms with Gasteiger partial charge in [0.05, 0.1) is 0 Å². The summed E-state index contributed by atoms with van der Waals surface area (Å²) in [6.45, 7) is 4.41. The highest BCUT2D eigenvalue weighted by atomic mass is 16.4. The lowest BCUT2D eigenvalue weighted by Gasteiger charge is -2.24. The molecule has 86 valence electrons. The first-order valence-electron chi connectivity index (χ1n) is 5.50. The van der Waals surface area contributed by atoms with Gasteiger partial charge in [0.2, 0.25) is 0 Å². The Morgan fingerprint density at radius 1 is 1.31 bits per heavy atom. The van der Waals surface area contributed by atoms with Crippen LogP contribution < -0.4 is 5.43 Å². The Hall–Kier alpha value is -1.58. The first kappa shape index (κ1) is 10.9. The van der Waals surface area contributed by atoms with Crippen LogP contribution in [0.1, 0.15) is 40.2 Å². The van der Waals surface area contributed by atoms with Gasteiger partial charge in [-0.3, -0.25) is 4.79 Å². The van der Waals surface area contributed by atoms with Crippen molar-refractivity contribution in [3.63, 3.8) is 0 Å². The van der Waals surface area contributed by atoms with E-state index < -0.39 is 5.97 Å². The Morgan fingerprint density at radius 2 is 2.00 bits per heavy atom. The molecule has 0 aliphatic carbocycles. The molecule has 1 aliphatic heterocycles. The first-order valence-corrected chi connectivity index (χ1v) is 5.50. The number of aromatic nitrogens is 1. The summed E-state index contributed by atoms with van der Waals surface area (Å²) < 4.78 is 1.99. The van der Waals surface area contributed by atoms with Crippen molar-refractivity contribution >= 4 is 5.97 Å². The van der Waals surface area contributed by atoms with Crippen molar-refractivity contribution in [3.05, 3.63) is 32.7 Å². The third kappa shape index (κ3) is 1.45. The van der Waals surface area contributed by atoms with Crippen LogP contribution in [0.3, 0.4) is 0 Å². The van der Waals surface area contributed by atoms with Crippen LogP contribution in [0.4, 0.5) is 0 Å². The van der Waals surface area contributed by atoms with Gasteiger partial charge >= 0.3 is 5.97 Å². The summed E-state index contributed by atoms with van der Waals surface area (Å²) in [5.41, 5.74) is 1.82. The number of hydrogen-bond donors (Lipinski definition) is 1. The Balaban J connectivity index is 2.83. The first-order chi connectivity index (χ1) is 7.54. The number of nitrogens with zero attached hydrogens (tertiary/aromatic N) is 1. The molecular weight excluding hydrogens is 206 g/mol. The summed E-state index contributed by atoms with van der Waals surface area (Å²) >= 11 is 0. The molecule has 1 aromatic rings. The van der Waals surface area contributed by atoms with Crippen molar-refractivity contribution in [2.24, 2.45) is 0 Å². The number of hydrogen-bond acceptors (Lipinski definition) is 2. The van der Waals surface area contributed by atoms with Gasteiger partial charge in [0.25, 0.3) is 0 Å². The molecule has 1 N–H and O–H groups in total. The SMILES string of the molecule is Cc1c(C)n2c(c(C(=O)O)c1=O)CCCC2. The lowest BCUT2D eigenvalue weighted by atomic mass is 9.99. The highest BCUT2D eigenvalue weighted by Gasteiger charge is 2.23. The Morgan fingerprint density at radius 3 is 2.62 bits per heavy atom. The summed E-state index contributed by atoms with van der Waals surface area (Å²) in [5.74, 6) is -1.10. The zero-order chi connectivity index (χ0) is 11.9. The van der Waals surface area contributed by atoms with E-state index in [1.54, 1.807) is 6.92 Å². The van der Waals surface area contributed by atoms with E-state index in [2.05, 4.69) is 0 Å². The van der Waals surface area contributed by atoms with Crippen molar-refractivity contribution in [2.45, 2.75) is 39.7 Å². The van der Waals surface area contributed by atoms with Gasteiger partial charge in [-0.05, 0) is 33.1 Å². The molecule has 1 aromatic heterocycles. The lowest BCUT2D eigenvalue weighted by Crippen LogP contribution is -2.29. The van der Waals surface area contributed by atoms with Crippen molar-refractivity contribution in [1.29, 1.82) is 0 Å². The monoisotopic (exact) mass is 221 g/mol. The number of carboxylic acid groups (broad SMARTS) is 1. The summed E-state index contributed by atoms with van der Waals surface area (Å²) in [5, 5.41) is 9.12. The highest BCUT2D eigenvalue weighted by molar-refractivity contribution is 5.89. The fraction of sp³-hybridized carbons (Fsp3) is 0.500. The average Bonchev–Trinajstić information content (AvgIpc) is 2.26. The molecule has 0 radical (unpaired) electrons. The molecule has 0 spiro atoms. The lowest BCUT2D eigenvalue weighted by molar-refractivity contribution is 0.0692. The smallest absolute Gasteiger partial charge is 0.341 e. The highest BCUT2D eigenvalue weighted by Crippen LogP contribution is 2.20. The van der Waals surface area contributed by atoms with Crippen LogP contribution in [0.5, 0.6) is 0 Å². The zero-order valence-corrected chi connectivity index (χ0v) is 9.54. The van der Waals surface area contributed by atoms with Crippen LogP contribution >= 0.6 is 0 Å². The van der Waals surface area contributed by atoms with E-state index in [9.17, 15) is 9.59 Å². The molecule has 4 nitrogen and oxygen atoms in total. The number of fused-ring (bicyclic) bond motifs is 1. The molecule has 2 heterocycles. The minimum atomic E-state index is -1.10. The molecule has 0 fully saturated rings. The summed E-state index contributed by atoms with van der Waals surface area (Å²) in [4.78, 5) is 23.1. The molecule has 16 heavy (non-hydrogen) atoms. The van der Waals surface area contributed by atoms with Gasteiger partial charge in [-0.25, -0.2) is 4.79 Å². The molecule has 0 amide bonds. The molecule has 2 rings (SSSR count). The molecule has 0 saturated carbocycles. The third-order valence-corrected chi connectivity index (χ3v) is 3.39. The largest absolute Gasteiger partial charge is 0.477 e. The summed E-state index contributed by atoms with van der Waals surface area (Å²) in [7, 11) is 0. The van der Waals surface area contributed by atoms with Crippen LogP contribution in [0.2, 0.25) is 0 Å². The molecule has 0 atom stereocenters. The van der Waals surface area contributed by atoms with E-state index in [4.69, 9.17) is 5.11 Å². The van der Waals surface area contributed by atoms with Crippen molar-refractivity contribution < 1.29 is 9.90 Å².